The molecule has 1 nitrogen and oxygen atoms in total. The SMILES string of the molecule is Cc1nc(-c2cccs2)sc1CS. The van der Waals surface area contributed by atoms with Crippen molar-refractivity contribution in [1.29, 1.82) is 0 Å². The van der Waals surface area contributed by atoms with Gasteiger partial charge in [-0.1, -0.05) is 6.07 Å². The Labute approximate surface area is 90.9 Å². The molecule has 0 bridgehead atoms. The van der Waals surface area contributed by atoms with E-state index in [0.717, 1.165) is 16.5 Å². The highest BCUT2D eigenvalue weighted by Crippen LogP contribution is 2.31. The van der Waals surface area contributed by atoms with Crippen molar-refractivity contribution in [1.82, 2.24) is 4.98 Å². The number of aromatic nitrogens is 1. The molecule has 0 fully saturated rings. The molecule has 0 aliphatic carbocycles. The van der Waals surface area contributed by atoms with E-state index in [0.29, 0.717) is 0 Å². The molecule has 0 spiro atoms. The fourth-order valence-corrected chi connectivity index (χ4v) is 3.22. The van der Waals surface area contributed by atoms with Crippen molar-refractivity contribution in [3.05, 3.63) is 28.1 Å². The molecule has 0 atom stereocenters. The van der Waals surface area contributed by atoms with E-state index in [2.05, 4.69) is 35.1 Å². The Hall–Kier alpha value is -0.320. The van der Waals surface area contributed by atoms with Crippen LogP contribution in [0.2, 0.25) is 0 Å². The van der Waals surface area contributed by atoms with Gasteiger partial charge in [-0.3, -0.25) is 0 Å². The van der Waals surface area contributed by atoms with Gasteiger partial charge in [-0.15, -0.1) is 22.7 Å². The van der Waals surface area contributed by atoms with Gasteiger partial charge >= 0.3 is 0 Å². The molecule has 0 saturated carbocycles. The first-order chi connectivity index (χ1) is 6.31. The van der Waals surface area contributed by atoms with E-state index in [-0.39, 0.29) is 0 Å². The van der Waals surface area contributed by atoms with Crippen molar-refractivity contribution in [2.75, 3.05) is 0 Å². The molecule has 0 aliphatic rings. The largest absolute Gasteiger partial charge is 0.240 e. The maximum atomic E-state index is 4.50. The summed E-state index contributed by atoms with van der Waals surface area (Å²) in [4.78, 5) is 7.03. The van der Waals surface area contributed by atoms with Crippen LogP contribution in [-0.2, 0) is 5.75 Å². The number of hydrogen-bond acceptors (Lipinski definition) is 4. The minimum atomic E-state index is 0.787. The second-order valence-corrected chi connectivity index (χ2v) is 5.01. The predicted octanol–water partition coefficient (Wildman–Crippen LogP) is 3.61. The molecule has 13 heavy (non-hydrogen) atoms. The topological polar surface area (TPSA) is 12.9 Å². The summed E-state index contributed by atoms with van der Waals surface area (Å²) in [6.45, 7) is 2.04. The van der Waals surface area contributed by atoms with Crippen LogP contribution in [0.5, 0.6) is 0 Å². The van der Waals surface area contributed by atoms with Crippen LogP contribution in [0.1, 0.15) is 10.6 Å². The van der Waals surface area contributed by atoms with Crippen LogP contribution in [-0.4, -0.2) is 4.98 Å². The van der Waals surface area contributed by atoms with Crippen molar-refractivity contribution >= 4 is 35.3 Å². The average Bonchev–Trinajstić information content (AvgIpc) is 2.71. The normalized spacial score (nSPS) is 10.6. The summed E-state index contributed by atoms with van der Waals surface area (Å²) < 4.78 is 0. The Morgan fingerprint density at radius 1 is 1.54 bits per heavy atom. The molecule has 0 aromatic carbocycles. The third-order valence-electron chi connectivity index (χ3n) is 1.77. The lowest BCUT2D eigenvalue weighted by atomic mass is 10.4. The van der Waals surface area contributed by atoms with E-state index >= 15 is 0 Å². The standard InChI is InChI=1S/C9H9NS3/c1-6-8(5-11)13-9(10-6)7-3-2-4-12-7/h2-4,11H,5H2,1H3. The molecule has 2 heterocycles. The molecule has 0 saturated heterocycles. The highest BCUT2D eigenvalue weighted by Gasteiger charge is 2.08. The average molecular weight is 227 g/mol. The van der Waals surface area contributed by atoms with Gasteiger partial charge in [0, 0.05) is 10.6 Å². The molecule has 0 aliphatic heterocycles. The Balaban J connectivity index is 2.43. The molecule has 4 heteroatoms. The van der Waals surface area contributed by atoms with Gasteiger partial charge < -0.3 is 0 Å². The highest BCUT2D eigenvalue weighted by atomic mass is 32.1. The lowest BCUT2D eigenvalue weighted by molar-refractivity contribution is 1.23. The van der Waals surface area contributed by atoms with Gasteiger partial charge in [0.1, 0.15) is 5.01 Å². The number of thiazole rings is 1. The van der Waals surface area contributed by atoms with E-state index in [1.165, 1.54) is 9.75 Å². The zero-order valence-corrected chi connectivity index (χ0v) is 9.68. The molecule has 0 N–H and O–H groups in total. The quantitative estimate of drug-likeness (QED) is 0.773. The van der Waals surface area contributed by atoms with E-state index in [9.17, 15) is 0 Å². The van der Waals surface area contributed by atoms with E-state index < -0.39 is 0 Å². The van der Waals surface area contributed by atoms with Gasteiger partial charge in [0.25, 0.3) is 0 Å². The maximum absolute atomic E-state index is 4.50. The van der Waals surface area contributed by atoms with Gasteiger partial charge in [0.05, 0.1) is 10.6 Å². The lowest BCUT2D eigenvalue weighted by Gasteiger charge is -1.85. The molecule has 0 radical (unpaired) electrons. The third kappa shape index (κ3) is 1.80. The Morgan fingerprint density at radius 3 is 2.92 bits per heavy atom. The van der Waals surface area contributed by atoms with Crippen molar-refractivity contribution < 1.29 is 0 Å². The minimum Gasteiger partial charge on any atom is -0.240 e. The number of nitrogens with zero attached hydrogens (tertiary/aromatic N) is 1. The summed E-state index contributed by atoms with van der Waals surface area (Å²) in [6, 6.07) is 4.16. The van der Waals surface area contributed by atoms with Crippen molar-refractivity contribution in [2.45, 2.75) is 12.7 Å². The highest BCUT2D eigenvalue weighted by molar-refractivity contribution is 7.79. The zero-order valence-electron chi connectivity index (χ0n) is 7.15. The maximum Gasteiger partial charge on any atom is 0.133 e. The number of hydrogen-bond donors (Lipinski definition) is 1. The van der Waals surface area contributed by atoms with Gasteiger partial charge in [-0.2, -0.15) is 12.6 Å². The summed E-state index contributed by atoms with van der Waals surface area (Å²) in [5.74, 6) is 0.787. The zero-order chi connectivity index (χ0) is 9.26. The first kappa shape index (κ1) is 9.24. The number of thiophene rings is 1. The van der Waals surface area contributed by atoms with E-state index in [1.54, 1.807) is 22.7 Å². The molecular formula is C9H9NS3. The summed E-state index contributed by atoms with van der Waals surface area (Å²) in [5.41, 5.74) is 1.11. The number of aryl methyl sites for hydroxylation is 1. The summed E-state index contributed by atoms with van der Waals surface area (Å²) >= 11 is 7.74. The monoisotopic (exact) mass is 227 g/mol. The third-order valence-corrected chi connectivity index (χ3v) is 4.49. The fourth-order valence-electron chi connectivity index (χ4n) is 1.08. The molecule has 2 aromatic rings. The first-order valence-electron chi connectivity index (χ1n) is 3.92. The van der Waals surface area contributed by atoms with E-state index in [4.69, 9.17) is 0 Å². The fraction of sp³-hybridized carbons (Fsp3) is 0.222. The Kier molecular flexibility index (Phi) is 2.71. The van der Waals surface area contributed by atoms with Crippen molar-refractivity contribution in [2.24, 2.45) is 0 Å². The predicted molar refractivity (Wildman–Crippen MR) is 62.9 cm³/mol. The second kappa shape index (κ2) is 3.82. The molecule has 2 rings (SSSR count). The van der Waals surface area contributed by atoms with Crippen LogP contribution in [0.25, 0.3) is 9.88 Å². The minimum absolute atomic E-state index is 0.787. The van der Waals surface area contributed by atoms with Crippen LogP contribution < -0.4 is 0 Å². The first-order valence-corrected chi connectivity index (χ1v) is 6.25. The molecule has 0 amide bonds. The molecule has 0 unspecified atom stereocenters. The summed E-state index contributed by atoms with van der Waals surface area (Å²) in [6.07, 6.45) is 0. The van der Waals surface area contributed by atoms with Gasteiger partial charge in [-0.25, -0.2) is 4.98 Å². The van der Waals surface area contributed by atoms with Crippen molar-refractivity contribution in [3.8, 4) is 9.88 Å². The molecule has 2 aromatic heterocycles. The number of thiol groups is 1. The molecule has 68 valence electrons. The second-order valence-electron chi connectivity index (χ2n) is 2.66. The van der Waals surface area contributed by atoms with Crippen LogP contribution in [0.4, 0.5) is 0 Å². The summed E-state index contributed by atoms with van der Waals surface area (Å²) in [5, 5.41) is 3.20. The number of rotatable bonds is 2. The van der Waals surface area contributed by atoms with Gasteiger partial charge in [0.15, 0.2) is 0 Å². The van der Waals surface area contributed by atoms with Crippen molar-refractivity contribution in [3.63, 3.8) is 0 Å². The van der Waals surface area contributed by atoms with Crippen LogP contribution in [0.3, 0.4) is 0 Å². The van der Waals surface area contributed by atoms with Gasteiger partial charge in [-0.05, 0) is 18.4 Å². The van der Waals surface area contributed by atoms with E-state index in [1.807, 2.05) is 6.92 Å². The van der Waals surface area contributed by atoms with Gasteiger partial charge in [0.2, 0.25) is 0 Å². The van der Waals surface area contributed by atoms with Crippen LogP contribution >= 0.6 is 35.3 Å². The smallest absolute Gasteiger partial charge is 0.133 e. The molecular weight excluding hydrogens is 218 g/mol. The Bertz CT molecular complexity index is 389. The Morgan fingerprint density at radius 2 is 2.38 bits per heavy atom. The van der Waals surface area contributed by atoms with Crippen LogP contribution in [0.15, 0.2) is 17.5 Å². The lowest BCUT2D eigenvalue weighted by Crippen LogP contribution is -1.76. The van der Waals surface area contributed by atoms with Crippen LogP contribution in [0, 0.1) is 6.92 Å². The summed E-state index contributed by atoms with van der Waals surface area (Å²) in [7, 11) is 0.